The van der Waals surface area contributed by atoms with Gasteiger partial charge in [0.25, 0.3) is 0 Å². The zero-order valence-corrected chi connectivity index (χ0v) is 17.3. The van der Waals surface area contributed by atoms with Gasteiger partial charge >= 0.3 is 6.03 Å². The van der Waals surface area contributed by atoms with Crippen LogP contribution < -0.4 is 5.32 Å². The maximum absolute atomic E-state index is 12.5. The van der Waals surface area contributed by atoms with Crippen LogP contribution in [-0.4, -0.2) is 52.4 Å². The minimum absolute atomic E-state index is 0.254. The quantitative estimate of drug-likeness (QED) is 0.569. The molecule has 0 aromatic heterocycles. The van der Waals surface area contributed by atoms with E-state index in [9.17, 15) is 15.0 Å². The SMILES string of the molecule is CCCCCCc1ccc(C2=CC3=CN([C@H]4C[C@H](O)[C@@H](CO)O4)C(=O)NC3O2)cc1. The van der Waals surface area contributed by atoms with Crippen LogP contribution in [0.15, 0.2) is 42.1 Å². The van der Waals surface area contributed by atoms with Crippen molar-refractivity contribution in [3.63, 3.8) is 0 Å². The van der Waals surface area contributed by atoms with Gasteiger partial charge < -0.3 is 19.7 Å². The van der Waals surface area contributed by atoms with E-state index in [0.29, 0.717) is 5.76 Å². The van der Waals surface area contributed by atoms with E-state index in [1.54, 1.807) is 6.20 Å². The maximum Gasteiger partial charge on any atom is 0.326 e. The number of fused-ring (bicyclic) bond motifs is 1. The van der Waals surface area contributed by atoms with E-state index in [0.717, 1.165) is 17.6 Å². The van der Waals surface area contributed by atoms with E-state index in [4.69, 9.17) is 9.47 Å². The van der Waals surface area contributed by atoms with Crippen LogP contribution >= 0.6 is 0 Å². The third-order valence-electron chi connectivity index (χ3n) is 5.87. The number of amides is 2. The highest BCUT2D eigenvalue weighted by Gasteiger charge is 2.41. The van der Waals surface area contributed by atoms with Gasteiger partial charge in [-0.2, -0.15) is 0 Å². The third kappa shape index (κ3) is 4.38. The van der Waals surface area contributed by atoms with Crippen LogP contribution in [0, 0.1) is 0 Å². The lowest BCUT2D eigenvalue weighted by Crippen LogP contribution is -2.51. The molecule has 30 heavy (non-hydrogen) atoms. The number of carbonyl (C=O) groups is 1. The van der Waals surface area contributed by atoms with Crippen LogP contribution in [0.4, 0.5) is 4.79 Å². The molecule has 1 aromatic rings. The predicted octanol–water partition coefficient (Wildman–Crippen LogP) is 2.88. The Morgan fingerprint density at radius 2 is 2.00 bits per heavy atom. The third-order valence-corrected chi connectivity index (χ3v) is 5.87. The molecule has 3 heterocycles. The summed E-state index contributed by atoms with van der Waals surface area (Å²) in [7, 11) is 0. The molecule has 0 spiro atoms. The van der Waals surface area contributed by atoms with E-state index in [1.165, 1.54) is 36.1 Å². The number of benzene rings is 1. The first-order valence-electron chi connectivity index (χ1n) is 10.8. The first-order valence-corrected chi connectivity index (χ1v) is 10.8. The fourth-order valence-corrected chi connectivity index (χ4v) is 4.09. The molecule has 2 amide bonds. The molecule has 1 saturated heterocycles. The molecule has 3 aliphatic rings. The largest absolute Gasteiger partial charge is 0.466 e. The number of carbonyl (C=O) groups excluding carboxylic acids is 1. The number of aliphatic hydroxyl groups excluding tert-OH is 2. The van der Waals surface area contributed by atoms with Gasteiger partial charge in [-0.3, -0.25) is 10.2 Å². The number of unbranched alkanes of at least 4 members (excludes halogenated alkanes) is 3. The molecular weight excluding hydrogens is 384 g/mol. The minimum Gasteiger partial charge on any atom is -0.466 e. The van der Waals surface area contributed by atoms with Gasteiger partial charge in [0.15, 0.2) is 0 Å². The van der Waals surface area contributed by atoms with Gasteiger partial charge in [-0.25, -0.2) is 4.79 Å². The first-order chi connectivity index (χ1) is 14.6. The zero-order valence-electron chi connectivity index (χ0n) is 17.3. The highest BCUT2D eigenvalue weighted by molar-refractivity contribution is 5.80. The Kier molecular flexibility index (Phi) is 6.41. The summed E-state index contributed by atoms with van der Waals surface area (Å²) in [6, 6.07) is 8.03. The van der Waals surface area contributed by atoms with E-state index in [-0.39, 0.29) is 19.1 Å². The van der Waals surface area contributed by atoms with Crippen LogP contribution in [0.5, 0.6) is 0 Å². The van der Waals surface area contributed by atoms with Crippen molar-refractivity contribution in [1.82, 2.24) is 10.2 Å². The number of urea groups is 1. The average molecular weight is 415 g/mol. The number of rotatable bonds is 8. The molecule has 0 radical (unpaired) electrons. The van der Waals surface area contributed by atoms with Crippen molar-refractivity contribution in [2.24, 2.45) is 0 Å². The van der Waals surface area contributed by atoms with Crippen LogP contribution in [0.1, 0.15) is 50.2 Å². The van der Waals surface area contributed by atoms with Gasteiger partial charge in [0, 0.05) is 23.8 Å². The molecule has 4 rings (SSSR count). The molecule has 3 N–H and O–H groups in total. The normalized spacial score (nSPS) is 28.0. The molecule has 0 bridgehead atoms. The molecule has 1 unspecified atom stereocenters. The summed E-state index contributed by atoms with van der Waals surface area (Å²) >= 11 is 0. The Balaban J connectivity index is 1.43. The van der Waals surface area contributed by atoms with Crippen LogP contribution in [0.3, 0.4) is 0 Å². The number of ether oxygens (including phenoxy) is 2. The summed E-state index contributed by atoms with van der Waals surface area (Å²) in [5, 5.41) is 22.1. The Labute approximate surface area is 177 Å². The maximum atomic E-state index is 12.5. The second kappa shape index (κ2) is 9.20. The van der Waals surface area contributed by atoms with Crippen molar-refractivity contribution in [2.45, 2.75) is 70.1 Å². The monoisotopic (exact) mass is 414 g/mol. The van der Waals surface area contributed by atoms with Gasteiger partial charge in [0.2, 0.25) is 6.23 Å². The minimum atomic E-state index is -0.796. The van der Waals surface area contributed by atoms with E-state index in [2.05, 4.69) is 36.5 Å². The lowest BCUT2D eigenvalue weighted by Gasteiger charge is -2.31. The lowest BCUT2D eigenvalue weighted by atomic mass is 10.0. The Hall–Kier alpha value is -2.35. The van der Waals surface area contributed by atoms with Gasteiger partial charge in [0.05, 0.1) is 12.7 Å². The Morgan fingerprint density at radius 3 is 2.70 bits per heavy atom. The second-order valence-corrected chi connectivity index (χ2v) is 8.11. The fourth-order valence-electron chi connectivity index (χ4n) is 4.09. The van der Waals surface area contributed by atoms with Crippen molar-refractivity contribution < 1.29 is 24.5 Å². The molecule has 7 nitrogen and oxygen atoms in total. The summed E-state index contributed by atoms with van der Waals surface area (Å²) in [4.78, 5) is 13.9. The predicted molar refractivity (Wildman–Crippen MR) is 112 cm³/mol. The van der Waals surface area contributed by atoms with E-state index in [1.807, 2.05) is 6.08 Å². The summed E-state index contributed by atoms with van der Waals surface area (Å²) < 4.78 is 11.6. The van der Waals surface area contributed by atoms with Crippen molar-refractivity contribution in [3.05, 3.63) is 53.2 Å². The van der Waals surface area contributed by atoms with Crippen molar-refractivity contribution in [2.75, 3.05) is 6.61 Å². The van der Waals surface area contributed by atoms with Crippen LogP contribution in [-0.2, 0) is 15.9 Å². The van der Waals surface area contributed by atoms with Crippen molar-refractivity contribution in [1.29, 1.82) is 0 Å². The number of hydrogen-bond donors (Lipinski definition) is 3. The Morgan fingerprint density at radius 1 is 1.20 bits per heavy atom. The van der Waals surface area contributed by atoms with E-state index >= 15 is 0 Å². The summed E-state index contributed by atoms with van der Waals surface area (Å²) in [6.45, 7) is 1.93. The number of nitrogens with one attached hydrogen (secondary N) is 1. The average Bonchev–Trinajstić information content (AvgIpc) is 3.33. The van der Waals surface area contributed by atoms with Gasteiger partial charge in [-0.15, -0.1) is 0 Å². The first kappa shape index (κ1) is 20.9. The van der Waals surface area contributed by atoms with Gasteiger partial charge in [-0.05, 0) is 24.5 Å². The van der Waals surface area contributed by atoms with Gasteiger partial charge in [-0.1, -0.05) is 50.5 Å². The number of hydrogen-bond acceptors (Lipinski definition) is 5. The molecule has 162 valence electrons. The zero-order chi connectivity index (χ0) is 21.1. The van der Waals surface area contributed by atoms with Crippen molar-refractivity contribution >= 4 is 11.8 Å². The highest BCUT2D eigenvalue weighted by atomic mass is 16.5. The standard InChI is InChI=1S/C23H30N2O5/c1-2-3-4-5-6-15-7-9-16(10-8-15)19-11-17-13-25(23(28)24-22(17)30-19)21-12-18(27)20(14-26)29-21/h7-11,13,18,20-22,26-27H,2-6,12,14H2,1H3,(H,24,28)/t18-,20+,21+,22?/m0/s1. The summed E-state index contributed by atoms with van der Waals surface area (Å²) in [5.74, 6) is 0.714. The molecule has 7 heteroatoms. The molecule has 1 aromatic carbocycles. The second-order valence-electron chi connectivity index (χ2n) is 8.11. The molecule has 3 aliphatic heterocycles. The highest BCUT2D eigenvalue weighted by Crippen LogP contribution is 2.33. The molecule has 0 saturated carbocycles. The van der Waals surface area contributed by atoms with Crippen LogP contribution in [0.25, 0.3) is 5.76 Å². The fraction of sp³-hybridized carbons (Fsp3) is 0.522. The summed E-state index contributed by atoms with van der Waals surface area (Å²) in [6.07, 6.45) is 7.34. The Bertz CT molecular complexity index is 819. The van der Waals surface area contributed by atoms with Crippen LogP contribution in [0.2, 0.25) is 0 Å². The summed E-state index contributed by atoms with van der Waals surface area (Å²) in [5.41, 5.74) is 3.11. The number of nitrogens with zero attached hydrogens (tertiary/aromatic N) is 1. The number of aryl methyl sites for hydroxylation is 1. The molecular formula is C23H30N2O5. The molecule has 0 aliphatic carbocycles. The smallest absolute Gasteiger partial charge is 0.326 e. The number of aliphatic hydroxyl groups is 2. The lowest BCUT2D eigenvalue weighted by molar-refractivity contribution is -0.0556. The molecule has 1 fully saturated rings. The topological polar surface area (TPSA) is 91.3 Å². The molecule has 4 atom stereocenters. The van der Waals surface area contributed by atoms with Gasteiger partial charge in [0.1, 0.15) is 18.1 Å². The van der Waals surface area contributed by atoms with E-state index < -0.39 is 24.7 Å². The van der Waals surface area contributed by atoms with Crippen molar-refractivity contribution in [3.8, 4) is 0 Å².